The van der Waals surface area contributed by atoms with E-state index >= 15 is 0 Å². The molecule has 0 spiro atoms. The number of hydrogen-bond donors (Lipinski definition) is 0. The fraction of sp³-hybridized carbons (Fsp3) is 0.870. The van der Waals surface area contributed by atoms with Gasteiger partial charge in [-0.25, -0.2) is 0 Å². The van der Waals surface area contributed by atoms with Crippen LogP contribution >= 0.6 is 0 Å². The molecule has 156 valence electrons. The van der Waals surface area contributed by atoms with Gasteiger partial charge in [-0.2, -0.15) is 0 Å². The van der Waals surface area contributed by atoms with Gasteiger partial charge >= 0.3 is 11.9 Å². The molecule has 0 aliphatic heterocycles. The topological polar surface area (TPSA) is 69.7 Å². The second-order valence-corrected chi connectivity index (χ2v) is 10.3. The molecule has 0 aromatic heterocycles. The molecular formula is C23H34O5. The van der Waals surface area contributed by atoms with Crippen molar-refractivity contribution in [2.45, 2.75) is 91.3 Å². The molecule has 4 fully saturated rings. The largest absolute Gasteiger partial charge is 0.462 e. The molecule has 8 atom stereocenters. The number of carbonyl (C=O) groups is 3. The number of hydrogen-bond acceptors (Lipinski definition) is 5. The van der Waals surface area contributed by atoms with E-state index in [9.17, 15) is 14.4 Å². The number of ketones is 1. The molecule has 0 radical (unpaired) electrons. The molecule has 4 saturated carbocycles. The number of Topliss-reactive ketones (excluding diaryl/α,β-unsaturated/α-hetero) is 1. The van der Waals surface area contributed by atoms with Crippen molar-refractivity contribution in [3.8, 4) is 0 Å². The summed E-state index contributed by atoms with van der Waals surface area (Å²) in [5.41, 5.74) is 0.133. The minimum atomic E-state index is -0.566. The predicted octanol–water partition coefficient (Wildman–Crippen LogP) is 4.07. The van der Waals surface area contributed by atoms with Crippen LogP contribution in [-0.4, -0.2) is 29.9 Å². The lowest BCUT2D eigenvalue weighted by atomic mass is 9.45. The first-order chi connectivity index (χ1) is 13.1. The summed E-state index contributed by atoms with van der Waals surface area (Å²) in [6, 6.07) is 0. The number of rotatable bonds is 2. The van der Waals surface area contributed by atoms with Crippen LogP contribution in [0, 0.1) is 34.5 Å². The smallest absolute Gasteiger partial charge is 0.303 e. The lowest BCUT2D eigenvalue weighted by Gasteiger charge is -2.60. The second kappa shape index (κ2) is 6.84. The summed E-state index contributed by atoms with van der Waals surface area (Å²) in [7, 11) is 0. The van der Waals surface area contributed by atoms with Gasteiger partial charge in [0.25, 0.3) is 0 Å². The highest BCUT2D eigenvalue weighted by atomic mass is 16.5. The Morgan fingerprint density at radius 2 is 1.57 bits per heavy atom. The summed E-state index contributed by atoms with van der Waals surface area (Å²) in [5.74, 6) is 1.75. The molecule has 0 N–H and O–H groups in total. The third kappa shape index (κ3) is 3.00. The van der Waals surface area contributed by atoms with Crippen LogP contribution in [0.3, 0.4) is 0 Å². The van der Waals surface area contributed by atoms with Gasteiger partial charge in [0, 0.05) is 25.7 Å². The van der Waals surface area contributed by atoms with Crippen LogP contribution in [0.2, 0.25) is 0 Å². The third-order valence-corrected chi connectivity index (χ3v) is 9.03. The van der Waals surface area contributed by atoms with Crippen molar-refractivity contribution in [3.05, 3.63) is 0 Å². The lowest BCUT2D eigenvalue weighted by Crippen LogP contribution is -2.56. The maximum atomic E-state index is 12.5. The van der Waals surface area contributed by atoms with Gasteiger partial charge in [0.2, 0.25) is 0 Å². The quantitative estimate of drug-likeness (QED) is 0.665. The summed E-state index contributed by atoms with van der Waals surface area (Å²) >= 11 is 0. The lowest BCUT2D eigenvalue weighted by molar-refractivity contribution is -0.175. The monoisotopic (exact) mass is 390 g/mol. The van der Waals surface area contributed by atoms with E-state index in [0.717, 1.165) is 32.1 Å². The van der Waals surface area contributed by atoms with Gasteiger partial charge in [0.15, 0.2) is 11.9 Å². The zero-order chi connectivity index (χ0) is 20.3. The number of esters is 2. The fourth-order valence-electron chi connectivity index (χ4n) is 7.73. The van der Waals surface area contributed by atoms with Gasteiger partial charge in [-0.05, 0) is 74.0 Å². The highest BCUT2D eigenvalue weighted by Crippen LogP contribution is 2.66. The van der Waals surface area contributed by atoms with E-state index in [4.69, 9.17) is 9.47 Å². The maximum Gasteiger partial charge on any atom is 0.303 e. The summed E-state index contributed by atoms with van der Waals surface area (Å²) in [4.78, 5) is 35.6. The Morgan fingerprint density at radius 1 is 0.893 bits per heavy atom. The summed E-state index contributed by atoms with van der Waals surface area (Å²) < 4.78 is 11.1. The molecular weight excluding hydrogens is 356 g/mol. The van der Waals surface area contributed by atoms with E-state index in [2.05, 4.69) is 13.8 Å². The molecule has 4 aliphatic carbocycles. The zero-order valence-electron chi connectivity index (χ0n) is 17.7. The molecule has 0 aromatic rings. The minimum absolute atomic E-state index is 0.0446. The van der Waals surface area contributed by atoms with E-state index < -0.39 is 6.10 Å². The van der Waals surface area contributed by atoms with Gasteiger partial charge in [-0.3, -0.25) is 14.4 Å². The SMILES string of the molecule is CC(=O)O[C@@H]1C[C@@]2(C)[C@H](CC[C@H]3[C@H]4CC[C@@H](OC(C)=O)[C@@]4(C)CC[C@@H]32)CC1=O. The van der Waals surface area contributed by atoms with E-state index in [0.29, 0.717) is 36.5 Å². The van der Waals surface area contributed by atoms with Crippen LogP contribution in [0.1, 0.15) is 79.1 Å². The third-order valence-electron chi connectivity index (χ3n) is 9.03. The number of ether oxygens (including phenoxy) is 2. The summed E-state index contributed by atoms with van der Waals surface area (Å²) in [5, 5.41) is 0. The second-order valence-electron chi connectivity index (χ2n) is 10.3. The normalized spacial score (nSPS) is 47.5. The molecule has 0 unspecified atom stereocenters. The molecule has 0 aromatic carbocycles. The van der Waals surface area contributed by atoms with Crippen molar-refractivity contribution >= 4 is 17.7 Å². The predicted molar refractivity (Wildman–Crippen MR) is 103 cm³/mol. The average molecular weight is 391 g/mol. The number of carbonyl (C=O) groups excluding carboxylic acids is 3. The standard InChI is InChI=1S/C23H34O5/c1-13(24)27-20-12-23(4)15(11-19(20)26)5-6-16-17-7-8-21(28-14(2)25)22(17,3)10-9-18(16)23/h15-18,20-21H,5-12H2,1-4H3/t15-,16+,17-,18+,20-,21-,22+,23+/m1/s1. The van der Waals surface area contributed by atoms with Crippen molar-refractivity contribution in [3.63, 3.8) is 0 Å². The zero-order valence-corrected chi connectivity index (χ0v) is 17.7. The summed E-state index contributed by atoms with van der Waals surface area (Å²) in [6.07, 6.45) is 7.25. The van der Waals surface area contributed by atoms with E-state index in [1.54, 1.807) is 0 Å². The van der Waals surface area contributed by atoms with E-state index in [1.807, 2.05) is 0 Å². The highest BCUT2D eigenvalue weighted by Gasteiger charge is 2.62. The van der Waals surface area contributed by atoms with Crippen LogP contribution in [0.5, 0.6) is 0 Å². The van der Waals surface area contributed by atoms with Crippen LogP contribution in [0.25, 0.3) is 0 Å². The Kier molecular flexibility index (Phi) is 4.86. The van der Waals surface area contributed by atoms with Crippen LogP contribution < -0.4 is 0 Å². The molecule has 4 rings (SSSR count). The van der Waals surface area contributed by atoms with Crippen LogP contribution in [0.15, 0.2) is 0 Å². The molecule has 0 bridgehead atoms. The van der Waals surface area contributed by atoms with Crippen LogP contribution in [0.4, 0.5) is 0 Å². The molecule has 0 amide bonds. The first kappa shape index (κ1) is 19.9. The van der Waals surface area contributed by atoms with Gasteiger partial charge in [-0.15, -0.1) is 0 Å². The Morgan fingerprint density at radius 3 is 2.25 bits per heavy atom. The van der Waals surface area contributed by atoms with Gasteiger partial charge in [0.05, 0.1) is 0 Å². The van der Waals surface area contributed by atoms with Crippen molar-refractivity contribution in [2.24, 2.45) is 34.5 Å². The van der Waals surface area contributed by atoms with Gasteiger partial charge in [0.1, 0.15) is 6.10 Å². The Bertz CT molecular complexity index is 686. The molecule has 4 aliphatic rings. The fourth-order valence-corrected chi connectivity index (χ4v) is 7.73. The maximum absolute atomic E-state index is 12.5. The average Bonchev–Trinajstić information content (AvgIpc) is 2.92. The van der Waals surface area contributed by atoms with Crippen molar-refractivity contribution in [1.29, 1.82) is 0 Å². The number of fused-ring (bicyclic) bond motifs is 5. The minimum Gasteiger partial charge on any atom is -0.462 e. The molecule has 28 heavy (non-hydrogen) atoms. The molecule has 0 heterocycles. The van der Waals surface area contributed by atoms with Gasteiger partial charge in [-0.1, -0.05) is 13.8 Å². The Hall–Kier alpha value is -1.39. The summed E-state index contributed by atoms with van der Waals surface area (Å²) in [6.45, 7) is 7.58. The molecule has 0 saturated heterocycles. The Balaban J connectivity index is 1.58. The van der Waals surface area contributed by atoms with Crippen molar-refractivity contribution in [2.75, 3.05) is 0 Å². The first-order valence-electron chi connectivity index (χ1n) is 11.0. The highest BCUT2D eigenvalue weighted by molar-refractivity contribution is 5.86. The van der Waals surface area contributed by atoms with Crippen molar-refractivity contribution in [1.82, 2.24) is 0 Å². The van der Waals surface area contributed by atoms with Gasteiger partial charge < -0.3 is 9.47 Å². The van der Waals surface area contributed by atoms with Crippen LogP contribution in [-0.2, 0) is 23.9 Å². The molecule has 5 nitrogen and oxygen atoms in total. The van der Waals surface area contributed by atoms with E-state index in [-0.39, 0.29) is 34.7 Å². The first-order valence-corrected chi connectivity index (χ1v) is 11.0. The molecule has 5 heteroatoms. The Labute approximate surface area is 167 Å². The van der Waals surface area contributed by atoms with Crippen molar-refractivity contribution < 1.29 is 23.9 Å². The van der Waals surface area contributed by atoms with E-state index in [1.165, 1.54) is 20.3 Å².